The summed E-state index contributed by atoms with van der Waals surface area (Å²) in [5.41, 5.74) is 3.12. The average molecular weight is 290 g/mol. The minimum Gasteiger partial charge on any atom is -0.321 e. The summed E-state index contributed by atoms with van der Waals surface area (Å²) in [7, 11) is 0. The Kier molecular flexibility index (Phi) is 3.40. The van der Waals surface area contributed by atoms with E-state index < -0.39 is 0 Å². The number of fused-ring (bicyclic) bond motifs is 1. The highest BCUT2D eigenvalue weighted by molar-refractivity contribution is 6.16. The van der Waals surface area contributed by atoms with Crippen LogP contribution in [0.1, 0.15) is 17.1 Å². The molecule has 0 saturated carbocycles. The molecule has 20 heavy (non-hydrogen) atoms. The Labute approximate surface area is 121 Å². The molecule has 0 aliphatic carbocycles. The highest BCUT2D eigenvalue weighted by Crippen LogP contribution is 2.21. The van der Waals surface area contributed by atoms with Crippen molar-refractivity contribution in [3.63, 3.8) is 0 Å². The van der Waals surface area contributed by atoms with Gasteiger partial charge in [-0.25, -0.2) is 9.37 Å². The summed E-state index contributed by atoms with van der Waals surface area (Å²) in [6, 6.07) is 8.83. The van der Waals surface area contributed by atoms with E-state index in [4.69, 9.17) is 11.6 Å². The van der Waals surface area contributed by atoms with Gasteiger partial charge in [0.15, 0.2) is 5.82 Å². The van der Waals surface area contributed by atoms with Gasteiger partial charge in [0.05, 0.1) is 23.6 Å². The first-order valence-electron chi connectivity index (χ1n) is 6.31. The number of aromatic nitrogens is 3. The maximum atomic E-state index is 13.8. The number of nitrogens with zero attached hydrogens (tertiary/aromatic N) is 3. The Bertz CT molecular complexity index is 767. The van der Waals surface area contributed by atoms with Crippen molar-refractivity contribution in [2.75, 3.05) is 0 Å². The summed E-state index contributed by atoms with van der Waals surface area (Å²) < 4.78 is 15.7. The average Bonchev–Trinajstić information content (AvgIpc) is 2.81. The topological polar surface area (TPSA) is 30.7 Å². The normalized spacial score (nSPS) is 11.2. The summed E-state index contributed by atoms with van der Waals surface area (Å²) in [6.07, 6.45) is 1.75. The Morgan fingerprint density at radius 2 is 2.10 bits per heavy atom. The molecule has 102 valence electrons. The van der Waals surface area contributed by atoms with Gasteiger partial charge in [-0.2, -0.15) is 0 Å². The van der Waals surface area contributed by atoms with E-state index in [2.05, 4.69) is 9.97 Å². The largest absolute Gasteiger partial charge is 0.321 e. The Morgan fingerprint density at radius 1 is 1.25 bits per heavy atom. The monoisotopic (exact) mass is 289 g/mol. The van der Waals surface area contributed by atoms with Gasteiger partial charge in [0.25, 0.3) is 0 Å². The van der Waals surface area contributed by atoms with E-state index in [1.807, 2.05) is 29.7 Å². The quantitative estimate of drug-likeness (QED) is 0.689. The molecular weight excluding hydrogens is 277 g/mol. The fraction of sp³-hybridized carbons (Fsp3) is 0.200. The number of imidazole rings is 1. The van der Waals surface area contributed by atoms with Gasteiger partial charge >= 0.3 is 0 Å². The molecule has 0 saturated heterocycles. The third-order valence-corrected chi connectivity index (χ3v) is 3.59. The third kappa shape index (κ3) is 2.16. The van der Waals surface area contributed by atoms with E-state index in [1.165, 1.54) is 6.07 Å². The number of benzene rings is 1. The predicted octanol–water partition coefficient (Wildman–Crippen LogP) is 3.67. The number of pyridine rings is 1. The second-order valence-electron chi connectivity index (χ2n) is 4.62. The molecule has 1 aromatic carbocycles. The first-order chi connectivity index (χ1) is 9.70. The van der Waals surface area contributed by atoms with Crippen LogP contribution in [-0.2, 0) is 12.4 Å². The maximum absolute atomic E-state index is 13.8. The molecular formula is C15H13ClFN3. The van der Waals surface area contributed by atoms with E-state index in [-0.39, 0.29) is 11.7 Å². The summed E-state index contributed by atoms with van der Waals surface area (Å²) in [6.45, 7) is 2.54. The molecule has 0 fully saturated rings. The Morgan fingerprint density at radius 3 is 2.85 bits per heavy atom. The molecule has 0 bridgehead atoms. The first kappa shape index (κ1) is 13.1. The molecule has 0 aliphatic rings. The fourth-order valence-corrected chi connectivity index (χ4v) is 2.48. The van der Waals surface area contributed by atoms with Crippen LogP contribution in [0.25, 0.3) is 11.0 Å². The van der Waals surface area contributed by atoms with Crippen molar-refractivity contribution >= 4 is 22.6 Å². The molecule has 5 heteroatoms. The lowest BCUT2D eigenvalue weighted by Gasteiger charge is -2.09. The van der Waals surface area contributed by atoms with Crippen molar-refractivity contribution in [2.45, 2.75) is 19.3 Å². The predicted molar refractivity (Wildman–Crippen MR) is 77.3 cm³/mol. The van der Waals surface area contributed by atoms with Crippen LogP contribution in [0, 0.1) is 12.7 Å². The highest BCUT2D eigenvalue weighted by Gasteiger charge is 2.14. The van der Waals surface area contributed by atoms with Crippen LogP contribution >= 0.6 is 11.6 Å². The van der Waals surface area contributed by atoms with Gasteiger partial charge in [0.1, 0.15) is 11.3 Å². The van der Waals surface area contributed by atoms with E-state index in [0.717, 1.165) is 16.8 Å². The van der Waals surface area contributed by atoms with E-state index in [1.54, 1.807) is 12.3 Å². The molecule has 0 unspecified atom stereocenters. The zero-order valence-corrected chi connectivity index (χ0v) is 11.7. The van der Waals surface area contributed by atoms with Crippen molar-refractivity contribution in [3.8, 4) is 0 Å². The molecule has 0 amide bonds. The van der Waals surface area contributed by atoms with Gasteiger partial charge in [-0.15, -0.1) is 11.6 Å². The number of hydrogen-bond acceptors (Lipinski definition) is 2. The lowest BCUT2D eigenvalue weighted by molar-refractivity contribution is 0.637. The van der Waals surface area contributed by atoms with Gasteiger partial charge < -0.3 is 4.57 Å². The van der Waals surface area contributed by atoms with Crippen LogP contribution in [0.2, 0.25) is 0 Å². The second kappa shape index (κ2) is 5.21. The van der Waals surface area contributed by atoms with Crippen LogP contribution in [0.5, 0.6) is 0 Å². The van der Waals surface area contributed by atoms with Crippen LogP contribution in [-0.4, -0.2) is 14.5 Å². The smallest absolute Gasteiger partial charge is 0.151 e. The number of para-hydroxylation sites is 1. The lowest BCUT2D eigenvalue weighted by atomic mass is 10.2. The molecule has 0 spiro atoms. The number of halogens is 2. The molecule has 0 N–H and O–H groups in total. The van der Waals surface area contributed by atoms with Crippen molar-refractivity contribution in [3.05, 3.63) is 59.4 Å². The zero-order valence-electron chi connectivity index (χ0n) is 11.0. The van der Waals surface area contributed by atoms with Crippen molar-refractivity contribution in [1.29, 1.82) is 0 Å². The summed E-state index contributed by atoms with van der Waals surface area (Å²) >= 11 is 5.94. The summed E-state index contributed by atoms with van der Waals surface area (Å²) in [4.78, 5) is 8.66. The Hall–Kier alpha value is -1.94. The van der Waals surface area contributed by atoms with Crippen LogP contribution in [0.15, 0.2) is 36.5 Å². The lowest BCUT2D eigenvalue weighted by Crippen LogP contribution is -2.06. The summed E-state index contributed by atoms with van der Waals surface area (Å²) in [5.74, 6) is 0.558. The van der Waals surface area contributed by atoms with Crippen LogP contribution in [0.3, 0.4) is 0 Å². The van der Waals surface area contributed by atoms with Gasteiger partial charge in [0.2, 0.25) is 0 Å². The van der Waals surface area contributed by atoms with Gasteiger partial charge in [-0.05, 0) is 30.7 Å². The minimum atomic E-state index is -0.328. The molecule has 3 aromatic rings. The van der Waals surface area contributed by atoms with E-state index in [9.17, 15) is 4.39 Å². The second-order valence-corrected chi connectivity index (χ2v) is 4.89. The molecule has 2 aromatic heterocycles. The fourth-order valence-electron chi connectivity index (χ4n) is 2.27. The Balaban J connectivity index is 2.15. The number of aryl methyl sites for hydroxylation is 1. The van der Waals surface area contributed by atoms with Crippen molar-refractivity contribution in [2.24, 2.45) is 0 Å². The maximum Gasteiger partial charge on any atom is 0.151 e. The van der Waals surface area contributed by atoms with E-state index in [0.29, 0.717) is 17.9 Å². The SMILES string of the molecule is Cc1cccnc1Cn1c(CCl)nc2c(F)cccc21. The highest BCUT2D eigenvalue weighted by atomic mass is 35.5. The standard InChI is InChI=1S/C15H13ClFN3/c1-10-4-3-7-18-12(10)9-20-13-6-2-5-11(17)15(13)19-14(20)8-16/h2-7H,8-9H2,1H3. The molecule has 3 rings (SSSR count). The number of hydrogen-bond donors (Lipinski definition) is 0. The van der Waals surface area contributed by atoms with Crippen LogP contribution < -0.4 is 0 Å². The van der Waals surface area contributed by atoms with E-state index >= 15 is 0 Å². The van der Waals surface area contributed by atoms with Gasteiger partial charge in [-0.1, -0.05) is 12.1 Å². The van der Waals surface area contributed by atoms with Crippen molar-refractivity contribution < 1.29 is 4.39 Å². The van der Waals surface area contributed by atoms with Crippen LogP contribution in [0.4, 0.5) is 4.39 Å². The third-order valence-electron chi connectivity index (χ3n) is 3.35. The molecule has 0 radical (unpaired) electrons. The minimum absolute atomic E-state index is 0.236. The first-order valence-corrected chi connectivity index (χ1v) is 6.84. The number of rotatable bonds is 3. The molecule has 2 heterocycles. The van der Waals surface area contributed by atoms with Gasteiger partial charge in [-0.3, -0.25) is 4.98 Å². The molecule has 3 nitrogen and oxygen atoms in total. The van der Waals surface area contributed by atoms with Crippen molar-refractivity contribution in [1.82, 2.24) is 14.5 Å². The van der Waals surface area contributed by atoms with Gasteiger partial charge in [0, 0.05) is 6.20 Å². The zero-order chi connectivity index (χ0) is 14.1. The number of alkyl halides is 1. The summed E-state index contributed by atoms with van der Waals surface area (Å²) in [5, 5.41) is 0. The molecule has 0 aliphatic heterocycles. The molecule has 0 atom stereocenters.